The number of carbonyl (C=O) groups excluding carboxylic acids is 1. The predicted molar refractivity (Wildman–Crippen MR) is 88.5 cm³/mol. The van der Waals surface area contributed by atoms with E-state index in [1.807, 2.05) is 68.4 Å². The Morgan fingerprint density at radius 2 is 1.71 bits per heavy atom. The maximum atomic E-state index is 12.3. The normalized spacial score (nSPS) is 11.2. The van der Waals surface area contributed by atoms with E-state index in [4.69, 9.17) is 5.73 Å². The van der Waals surface area contributed by atoms with Crippen LogP contribution in [0.2, 0.25) is 0 Å². The first kappa shape index (κ1) is 15.6. The molecule has 3 N–H and O–H groups in total. The van der Waals surface area contributed by atoms with E-state index in [9.17, 15) is 4.79 Å². The molecule has 0 aliphatic heterocycles. The number of anilines is 1. The monoisotopic (exact) mass is 300 g/mol. The van der Waals surface area contributed by atoms with E-state index >= 15 is 0 Å². The van der Waals surface area contributed by atoms with E-state index < -0.39 is 5.41 Å². The summed E-state index contributed by atoms with van der Waals surface area (Å²) in [7, 11) is 0. The molecular formula is C17H20N2OS. The number of rotatable bonds is 5. The number of hydrogen-bond acceptors (Lipinski definition) is 3. The van der Waals surface area contributed by atoms with Crippen molar-refractivity contribution in [2.24, 2.45) is 11.1 Å². The lowest BCUT2D eigenvalue weighted by atomic mass is 9.92. The van der Waals surface area contributed by atoms with Crippen molar-refractivity contribution >= 4 is 23.4 Å². The largest absolute Gasteiger partial charge is 0.329 e. The Labute approximate surface area is 129 Å². The molecule has 21 heavy (non-hydrogen) atoms. The lowest BCUT2D eigenvalue weighted by molar-refractivity contribution is -0.123. The number of para-hydroxylation sites is 1. The minimum absolute atomic E-state index is 0.0638. The van der Waals surface area contributed by atoms with Gasteiger partial charge >= 0.3 is 0 Å². The van der Waals surface area contributed by atoms with Crippen LogP contribution in [0.4, 0.5) is 5.69 Å². The van der Waals surface area contributed by atoms with Gasteiger partial charge in [0.2, 0.25) is 5.91 Å². The Kier molecular flexibility index (Phi) is 5.04. The van der Waals surface area contributed by atoms with Gasteiger partial charge in [-0.05, 0) is 38.1 Å². The molecule has 0 bridgehead atoms. The number of nitrogens with one attached hydrogen (secondary N) is 1. The van der Waals surface area contributed by atoms with Crippen LogP contribution >= 0.6 is 11.8 Å². The summed E-state index contributed by atoms with van der Waals surface area (Å²) in [6.45, 7) is 4.00. The van der Waals surface area contributed by atoms with Gasteiger partial charge in [0, 0.05) is 16.3 Å². The summed E-state index contributed by atoms with van der Waals surface area (Å²) in [6, 6.07) is 17.9. The Balaban J connectivity index is 2.20. The molecule has 0 heterocycles. The van der Waals surface area contributed by atoms with E-state index in [1.165, 1.54) is 0 Å². The highest BCUT2D eigenvalue weighted by molar-refractivity contribution is 7.99. The van der Waals surface area contributed by atoms with Gasteiger partial charge in [0.15, 0.2) is 0 Å². The Bertz CT molecular complexity index is 611. The zero-order valence-corrected chi connectivity index (χ0v) is 13.1. The van der Waals surface area contributed by atoms with Crippen LogP contribution in [0.15, 0.2) is 64.4 Å². The van der Waals surface area contributed by atoms with Gasteiger partial charge in [0.05, 0.1) is 11.1 Å². The fraction of sp³-hybridized carbons (Fsp3) is 0.235. The van der Waals surface area contributed by atoms with Gasteiger partial charge in [-0.1, -0.05) is 42.1 Å². The Morgan fingerprint density at radius 3 is 2.38 bits per heavy atom. The van der Waals surface area contributed by atoms with Crippen molar-refractivity contribution in [3.8, 4) is 0 Å². The summed E-state index contributed by atoms with van der Waals surface area (Å²) < 4.78 is 0. The van der Waals surface area contributed by atoms with Gasteiger partial charge in [-0.15, -0.1) is 0 Å². The summed E-state index contributed by atoms with van der Waals surface area (Å²) in [5.74, 6) is -0.0638. The molecule has 2 aromatic rings. The first-order valence-corrected chi connectivity index (χ1v) is 7.68. The third-order valence-corrected chi connectivity index (χ3v) is 4.32. The molecular weight excluding hydrogens is 280 g/mol. The molecule has 0 radical (unpaired) electrons. The summed E-state index contributed by atoms with van der Waals surface area (Å²) in [5.41, 5.74) is 5.90. The molecule has 4 heteroatoms. The summed E-state index contributed by atoms with van der Waals surface area (Å²) >= 11 is 1.63. The first-order chi connectivity index (χ1) is 10.0. The number of nitrogens with two attached hydrogens (primary N) is 1. The zero-order valence-electron chi connectivity index (χ0n) is 12.3. The molecule has 1 amide bonds. The summed E-state index contributed by atoms with van der Waals surface area (Å²) in [5, 5.41) is 2.98. The highest BCUT2D eigenvalue weighted by Crippen LogP contribution is 2.33. The highest BCUT2D eigenvalue weighted by atomic mass is 32.2. The molecule has 0 saturated carbocycles. The van der Waals surface area contributed by atoms with Gasteiger partial charge in [0.25, 0.3) is 0 Å². The minimum atomic E-state index is -0.579. The third-order valence-electron chi connectivity index (χ3n) is 3.23. The SMILES string of the molecule is CC(C)(CN)C(=O)Nc1ccccc1Sc1ccccc1. The van der Waals surface area contributed by atoms with Crippen LogP contribution in [0.25, 0.3) is 0 Å². The van der Waals surface area contributed by atoms with Gasteiger partial charge in [-0.2, -0.15) is 0 Å². The molecule has 2 aromatic carbocycles. The lowest BCUT2D eigenvalue weighted by Gasteiger charge is -2.22. The first-order valence-electron chi connectivity index (χ1n) is 6.86. The maximum Gasteiger partial charge on any atom is 0.231 e. The zero-order chi connectivity index (χ0) is 15.3. The van der Waals surface area contributed by atoms with Crippen molar-refractivity contribution in [3.05, 3.63) is 54.6 Å². The molecule has 0 spiro atoms. The number of hydrogen-bond donors (Lipinski definition) is 2. The van der Waals surface area contributed by atoms with E-state index in [0.717, 1.165) is 15.5 Å². The molecule has 0 aromatic heterocycles. The second-order valence-electron chi connectivity index (χ2n) is 5.45. The number of benzene rings is 2. The van der Waals surface area contributed by atoms with Gasteiger partial charge in [-0.3, -0.25) is 4.79 Å². The number of carbonyl (C=O) groups is 1. The minimum Gasteiger partial charge on any atom is -0.329 e. The smallest absolute Gasteiger partial charge is 0.231 e. The van der Waals surface area contributed by atoms with Gasteiger partial charge in [0.1, 0.15) is 0 Å². The van der Waals surface area contributed by atoms with E-state index in [2.05, 4.69) is 5.32 Å². The van der Waals surface area contributed by atoms with Gasteiger partial charge < -0.3 is 11.1 Å². The van der Waals surface area contributed by atoms with E-state index in [0.29, 0.717) is 6.54 Å². The van der Waals surface area contributed by atoms with Crippen molar-refractivity contribution in [1.82, 2.24) is 0 Å². The molecule has 110 valence electrons. The van der Waals surface area contributed by atoms with Crippen LogP contribution in [0.5, 0.6) is 0 Å². The standard InChI is InChI=1S/C17H20N2OS/c1-17(2,12-18)16(20)19-14-10-6-7-11-15(14)21-13-8-4-3-5-9-13/h3-11H,12,18H2,1-2H3,(H,19,20). The van der Waals surface area contributed by atoms with Crippen molar-refractivity contribution in [2.45, 2.75) is 23.6 Å². The van der Waals surface area contributed by atoms with Crippen molar-refractivity contribution in [1.29, 1.82) is 0 Å². The number of amides is 1. The molecule has 0 atom stereocenters. The maximum absolute atomic E-state index is 12.3. The molecule has 0 saturated heterocycles. The molecule has 0 fully saturated rings. The average molecular weight is 300 g/mol. The topological polar surface area (TPSA) is 55.1 Å². The van der Waals surface area contributed by atoms with Crippen LogP contribution in [-0.2, 0) is 4.79 Å². The quantitative estimate of drug-likeness (QED) is 0.884. The third kappa shape index (κ3) is 4.09. The van der Waals surface area contributed by atoms with Crippen molar-refractivity contribution in [3.63, 3.8) is 0 Å². The summed E-state index contributed by atoms with van der Waals surface area (Å²) in [6.07, 6.45) is 0. The van der Waals surface area contributed by atoms with Crippen molar-refractivity contribution in [2.75, 3.05) is 11.9 Å². The summed E-state index contributed by atoms with van der Waals surface area (Å²) in [4.78, 5) is 14.4. The molecule has 2 rings (SSSR count). The highest BCUT2D eigenvalue weighted by Gasteiger charge is 2.26. The van der Waals surface area contributed by atoms with Crippen molar-refractivity contribution < 1.29 is 4.79 Å². The second-order valence-corrected chi connectivity index (χ2v) is 6.57. The van der Waals surface area contributed by atoms with Crippen LogP contribution in [0.1, 0.15) is 13.8 Å². The lowest BCUT2D eigenvalue weighted by Crippen LogP contribution is -2.37. The molecule has 0 aliphatic carbocycles. The van der Waals surface area contributed by atoms with Crippen LogP contribution < -0.4 is 11.1 Å². The fourth-order valence-electron chi connectivity index (χ4n) is 1.66. The van der Waals surface area contributed by atoms with E-state index in [-0.39, 0.29) is 5.91 Å². The molecule has 0 aliphatic rings. The van der Waals surface area contributed by atoms with Crippen LogP contribution in [-0.4, -0.2) is 12.5 Å². The van der Waals surface area contributed by atoms with Crippen LogP contribution in [0, 0.1) is 5.41 Å². The fourth-order valence-corrected chi connectivity index (χ4v) is 2.58. The van der Waals surface area contributed by atoms with Crippen LogP contribution in [0.3, 0.4) is 0 Å². The van der Waals surface area contributed by atoms with E-state index in [1.54, 1.807) is 11.8 Å². The Hall–Kier alpha value is -1.78. The molecule has 0 unspecified atom stereocenters. The Morgan fingerprint density at radius 1 is 1.10 bits per heavy atom. The second kappa shape index (κ2) is 6.78. The van der Waals surface area contributed by atoms with Gasteiger partial charge in [-0.25, -0.2) is 0 Å². The predicted octanol–water partition coefficient (Wildman–Crippen LogP) is 3.76. The molecule has 3 nitrogen and oxygen atoms in total. The average Bonchev–Trinajstić information content (AvgIpc) is 2.50.